The number of aliphatic carboxylic acids is 1. The van der Waals surface area contributed by atoms with E-state index in [1.807, 2.05) is 6.26 Å². The monoisotopic (exact) mass is 389 g/mol. The molecule has 2 aliphatic heterocycles. The van der Waals surface area contributed by atoms with Gasteiger partial charge in [-0.05, 0) is 31.2 Å². The van der Waals surface area contributed by atoms with Crippen LogP contribution < -0.4 is 0 Å². The smallest absolute Gasteiger partial charge is 0.354 e. The fourth-order valence-corrected chi connectivity index (χ4v) is 7.69. The number of carboxylic acid groups (broad SMARTS) is 1. The van der Waals surface area contributed by atoms with Gasteiger partial charge >= 0.3 is 5.97 Å². The lowest BCUT2D eigenvalue weighted by Crippen LogP contribution is -2.70. The minimum absolute atomic E-state index is 0.111. The summed E-state index contributed by atoms with van der Waals surface area (Å²) in [6.45, 7) is 12.6. The van der Waals surface area contributed by atoms with E-state index in [4.69, 9.17) is 4.43 Å². The SMILES string of the molecule is CC[C@](O[SiH](C)C)([C@@H]1C(=O)N2C(C(=O)O)=C(SC)S[C@H]12)C(C)(C)C. The van der Waals surface area contributed by atoms with Crippen LogP contribution in [-0.2, 0) is 14.0 Å². The Balaban J connectivity index is 2.44. The Hall–Kier alpha value is -0.443. The van der Waals surface area contributed by atoms with Crippen LogP contribution in [0.2, 0.25) is 13.1 Å². The molecule has 24 heavy (non-hydrogen) atoms. The molecule has 136 valence electrons. The van der Waals surface area contributed by atoms with Gasteiger partial charge in [0, 0.05) is 0 Å². The van der Waals surface area contributed by atoms with Crippen LogP contribution in [0.15, 0.2) is 9.93 Å². The number of fused-ring (bicyclic) bond motifs is 1. The molecule has 2 rings (SSSR count). The third kappa shape index (κ3) is 2.85. The molecule has 0 unspecified atom stereocenters. The van der Waals surface area contributed by atoms with Crippen molar-refractivity contribution < 1.29 is 19.1 Å². The van der Waals surface area contributed by atoms with Gasteiger partial charge in [-0.15, -0.1) is 11.8 Å². The average molecular weight is 390 g/mol. The summed E-state index contributed by atoms with van der Waals surface area (Å²) >= 11 is 2.89. The van der Waals surface area contributed by atoms with Crippen LogP contribution in [-0.4, -0.2) is 48.2 Å². The number of β-lactam (4-membered cyclic amide) rings is 1. The number of thioether (sulfide) groups is 2. The molecule has 0 aliphatic carbocycles. The van der Waals surface area contributed by atoms with Gasteiger partial charge in [-0.3, -0.25) is 9.69 Å². The molecule has 2 aliphatic rings. The lowest BCUT2D eigenvalue weighted by Gasteiger charge is -2.57. The number of rotatable bonds is 6. The molecule has 1 N–H and O–H groups in total. The van der Waals surface area contributed by atoms with Gasteiger partial charge in [-0.1, -0.05) is 39.5 Å². The van der Waals surface area contributed by atoms with Crippen molar-refractivity contribution >= 4 is 44.4 Å². The number of carbonyl (C=O) groups excluding carboxylic acids is 1. The van der Waals surface area contributed by atoms with E-state index >= 15 is 0 Å². The van der Waals surface area contributed by atoms with Gasteiger partial charge in [0.15, 0.2) is 14.7 Å². The van der Waals surface area contributed by atoms with Crippen molar-refractivity contribution in [1.82, 2.24) is 4.90 Å². The fourth-order valence-electron chi connectivity index (χ4n) is 3.82. The standard InChI is InChI=1S/C16H27NO4S2Si/c1-8-16(15(2,3)4,21-24(6)7)9-11(18)17-10(13(19)20)14(22-5)23-12(9)17/h9,12,24H,8H2,1-7H3,(H,19,20)/t9-,12-,16+/m1/s1. The van der Waals surface area contributed by atoms with Crippen LogP contribution in [0.4, 0.5) is 0 Å². The molecule has 0 saturated carbocycles. The Morgan fingerprint density at radius 2 is 2.00 bits per heavy atom. The largest absolute Gasteiger partial charge is 0.477 e. The molecule has 1 fully saturated rings. The number of hydrogen-bond donors (Lipinski definition) is 1. The number of carbonyl (C=O) groups is 2. The molecule has 0 aromatic rings. The third-order valence-corrected chi connectivity index (χ3v) is 8.21. The highest BCUT2D eigenvalue weighted by Crippen LogP contribution is 2.59. The first kappa shape index (κ1) is 19.9. The van der Waals surface area contributed by atoms with E-state index in [2.05, 4.69) is 40.8 Å². The van der Waals surface area contributed by atoms with E-state index in [0.717, 1.165) is 6.42 Å². The van der Waals surface area contributed by atoms with E-state index < -0.39 is 20.6 Å². The van der Waals surface area contributed by atoms with Gasteiger partial charge in [0.05, 0.1) is 15.8 Å². The van der Waals surface area contributed by atoms with Crippen molar-refractivity contribution in [2.24, 2.45) is 11.3 Å². The summed E-state index contributed by atoms with van der Waals surface area (Å²) in [7, 11) is -1.39. The zero-order valence-corrected chi connectivity index (χ0v) is 18.2. The summed E-state index contributed by atoms with van der Waals surface area (Å²) in [6, 6.07) is 0. The Morgan fingerprint density at radius 3 is 2.38 bits per heavy atom. The van der Waals surface area contributed by atoms with E-state index in [9.17, 15) is 14.7 Å². The molecule has 1 saturated heterocycles. The van der Waals surface area contributed by atoms with Crippen LogP contribution in [0.25, 0.3) is 0 Å². The molecule has 0 aromatic carbocycles. The normalized spacial score (nSPS) is 26.5. The van der Waals surface area contributed by atoms with Gasteiger partial charge in [0.2, 0.25) is 5.91 Å². The van der Waals surface area contributed by atoms with Crippen molar-refractivity contribution in [1.29, 1.82) is 0 Å². The molecule has 1 amide bonds. The predicted molar refractivity (Wildman–Crippen MR) is 102 cm³/mol. The van der Waals surface area contributed by atoms with Gasteiger partial charge < -0.3 is 9.53 Å². The summed E-state index contributed by atoms with van der Waals surface area (Å²) in [5.74, 6) is -1.44. The minimum atomic E-state index is -1.39. The van der Waals surface area contributed by atoms with Gasteiger partial charge in [-0.25, -0.2) is 4.79 Å². The van der Waals surface area contributed by atoms with E-state index in [1.165, 1.54) is 28.4 Å². The zero-order chi connectivity index (χ0) is 18.4. The van der Waals surface area contributed by atoms with Gasteiger partial charge in [-0.2, -0.15) is 0 Å². The molecule has 2 heterocycles. The van der Waals surface area contributed by atoms with Crippen LogP contribution in [0, 0.1) is 11.3 Å². The van der Waals surface area contributed by atoms with E-state index in [0.29, 0.717) is 4.24 Å². The Kier molecular flexibility index (Phi) is 5.55. The number of hydrogen-bond acceptors (Lipinski definition) is 5. The second kappa shape index (κ2) is 6.70. The van der Waals surface area contributed by atoms with Crippen LogP contribution in [0.1, 0.15) is 34.1 Å². The molecule has 0 radical (unpaired) electrons. The molecule has 0 aromatic heterocycles. The lowest BCUT2D eigenvalue weighted by molar-refractivity contribution is -0.177. The molecule has 8 heteroatoms. The van der Waals surface area contributed by atoms with Gasteiger partial charge in [0.25, 0.3) is 0 Å². The maximum Gasteiger partial charge on any atom is 0.354 e. The first-order valence-electron chi connectivity index (χ1n) is 8.21. The first-order valence-corrected chi connectivity index (χ1v) is 13.1. The quantitative estimate of drug-likeness (QED) is 0.555. The highest BCUT2D eigenvalue weighted by molar-refractivity contribution is 8.22. The molecule has 5 nitrogen and oxygen atoms in total. The van der Waals surface area contributed by atoms with Crippen molar-refractivity contribution in [2.45, 2.75) is 58.2 Å². The highest BCUT2D eigenvalue weighted by atomic mass is 32.2. The second-order valence-corrected chi connectivity index (χ2v) is 12.0. The fraction of sp³-hybridized carbons (Fsp3) is 0.750. The van der Waals surface area contributed by atoms with E-state index in [-0.39, 0.29) is 28.3 Å². The lowest BCUT2D eigenvalue weighted by atomic mass is 9.64. The van der Waals surface area contributed by atoms with Gasteiger partial charge in [0.1, 0.15) is 5.37 Å². The minimum Gasteiger partial charge on any atom is -0.477 e. The Labute approximate surface area is 154 Å². The number of amides is 1. The number of nitrogens with zero attached hydrogens (tertiary/aromatic N) is 1. The maximum absolute atomic E-state index is 13.0. The Morgan fingerprint density at radius 1 is 1.42 bits per heavy atom. The summed E-state index contributed by atoms with van der Waals surface area (Å²) in [5.41, 5.74) is -0.632. The molecular weight excluding hydrogens is 362 g/mol. The third-order valence-electron chi connectivity index (χ3n) is 4.84. The van der Waals surface area contributed by atoms with Crippen LogP contribution >= 0.6 is 23.5 Å². The first-order chi connectivity index (χ1) is 11.0. The van der Waals surface area contributed by atoms with Crippen molar-refractivity contribution in [3.63, 3.8) is 0 Å². The summed E-state index contributed by atoms with van der Waals surface area (Å²) < 4.78 is 7.22. The molecule has 0 bridgehead atoms. The second-order valence-electron chi connectivity index (χ2n) is 7.50. The zero-order valence-electron chi connectivity index (χ0n) is 15.4. The summed E-state index contributed by atoms with van der Waals surface area (Å²) in [5, 5.41) is 9.33. The summed E-state index contributed by atoms with van der Waals surface area (Å²) in [6.07, 6.45) is 2.59. The molecule has 3 atom stereocenters. The van der Waals surface area contributed by atoms with Crippen LogP contribution in [0.3, 0.4) is 0 Å². The topological polar surface area (TPSA) is 66.8 Å². The Bertz CT molecular complexity index is 587. The average Bonchev–Trinajstić information content (AvgIpc) is 2.79. The van der Waals surface area contributed by atoms with Crippen molar-refractivity contribution in [3.8, 4) is 0 Å². The summed E-state index contributed by atoms with van der Waals surface area (Å²) in [4.78, 5) is 26.1. The number of carboxylic acids is 1. The van der Waals surface area contributed by atoms with Crippen molar-refractivity contribution in [3.05, 3.63) is 9.93 Å². The highest BCUT2D eigenvalue weighted by Gasteiger charge is 2.66. The molecule has 0 spiro atoms. The maximum atomic E-state index is 13.0. The van der Waals surface area contributed by atoms with Crippen molar-refractivity contribution in [2.75, 3.05) is 6.26 Å². The van der Waals surface area contributed by atoms with Crippen LogP contribution in [0.5, 0.6) is 0 Å². The van der Waals surface area contributed by atoms with E-state index in [1.54, 1.807) is 0 Å². The predicted octanol–water partition coefficient (Wildman–Crippen LogP) is 3.33. The molecular formula is C16H27NO4S2Si.